The lowest BCUT2D eigenvalue weighted by Gasteiger charge is -2.43. The molecule has 2 aromatic carbocycles. The highest BCUT2D eigenvalue weighted by Crippen LogP contribution is 2.53. The van der Waals surface area contributed by atoms with Gasteiger partial charge in [0, 0.05) is 24.7 Å². The van der Waals surface area contributed by atoms with E-state index in [1.54, 1.807) is 0 Å². The molecule has 1 saturated carbocycles. The van der Waals surface area contributed by atoms with E-state index in [0.717, 1.165) is 36.9 Å². The van der Waals surface area contributed by atoms with Crippen molar-refractivity contribution in [2.45, 2.75) is 31.5 Å². The predicted octanol–water partition coefficient (Wildman–Crippen LogP) is 5.21. The van der Waals surface area contributed by atoms with Crippen molar-refractivity contribution in [2.75, 3.05) is 19.6 Å². The number of amides is 1. The quantitative estimate of drug-likeness (QED) is 0.697. The lowest BCUT2D eigenvalue weighted by Crippen LogP contribution is -2.45. The third kappa shape index (κ3) is 4.21. The van der Waals surface area contributed by atoms with Crippen LogP contribution in [0.4, 0.5) is 13.2 Å². The second-order valence-electron chi connectivity index (χ2n) is 8.41. The highest BCUT2D eigenvalue weighted by molar-refractivity contribution is 6.30. The Bertz CT molecular complexity index is 882. The van der Waals surface area contributed by atoms with Crippen molar-refractivity contribution < 1.29 is 18.0 Å². The molecule has 4 rings (SSSR count). The van der Waals surface area contributed by atoms with Crippen molar-refractivity contribution in [1.82, 2.24) is 10.2 Å². The van der Waals surface area contributed by atoms with Crippen molar-refractivity contribution in [3.63, 3.8) is 0 Å². The standard InChI is InChI=1S/C23H24ClF3N2O/c24-19-9-7-17(8-10-19)20(16-5-2-1-3-6-16)29-14-18(22(15-29)11-4-12-22)13-28-21(30)23(25,26)27/h1-3,5-10,18,20H,4,11-15H2,(H,28,30). The maximum Gasteiger partial charge on any atom is 0.471 e. The van der Waals surface area contributed by atoms with Gasteiger partial charge in [-0.3, -0.25) is 9.69 Å². The number of alkyl halides is 3. The molecular weight excluding hydrogens is 413 g/mol. The molecule has 7 heteroatoms. The van der Waals surface area contributed by atoms with Crippen LogP contribution in [0.5, 0.6) is 0 Å². The molecule has 1 spiro atoms. The minimum Gasteiger partial charge on any atom is -0.348 e. The molecule has 1 amide bonds. The van der Waals surface area contributed by atoms with Crippen LogP contribution < -0.4 is 5.32 Å². The fourth-order valence-corrected chi connectivity index (χ4v) is 5.09. The van der Waals surface area contributed by atoms with Crippen LogP contribution in [0.3, 0.4) is 0 Å². The van der Waals surface area contributed by atoms with Crippen molar-refractivity contribution in [1.29, 1.82) is 0 Å². The Labute approximate surface area is 179 Å². The van der Waals surface area contributed by atoms with Crippen molar-refractivity contribution >= 4 is 17.5 Å². The monoisotopic (exact) mass is 436 g/mol. The smallest absolute Gasteiger partial charge is 0.348 e. The largest absolute Gasteiger partial charge is 0.471 e. The molecule has 1 heterocycles. The van der Waals surface area contributed by atoms with Crippen molar-refractivity contribution in [3.8, 4) is 0 Å². The molecule has 160 valence electrons. The fourth-order valence-electron chi connectivity index (χ4n) is 4.96. The summed E-state index contributed by atoms with van der Waals surface area (Å²) in [6.07, 6.45) is -1.80. The molecule has 2 unspecified atom stereocenters. The molecule has 1 saturated heterocycles. The molecule has 0 aromatic heterocycles. The molecule has 1 N–H and O–H groups in total. The highest BCUT2D eigenvalue weighted by atomic mass is 35.5. The molecule has 2 fully saturated rings. The van der Waals surface area contributed by atoms with E-state index in [1.807, 2.05) is 42.5 Å². The van der Waals surface area contributed by atoms with Gasteiger partial charge in [-0.05, 0) is 47.4 Å². The van der Waals surface area contributed by atoms with Gasteiger partial charge in [-0.2, -0.15) is 13.2 Å². The fraction of sp³-hybridized carbons (Fsp3) is 0.435. The van der Waals surface area contributed by atoms with E-state index in [-0.39, 0.29) is 23.9 Å². The summed E-state index contributed by atoms with van der Waals surface area (Å²) in [6.45, 7) is 1.50. The number of hydrogen-bond acceptors (Lipinski definition) is 2. The van der Waals surface area contributed by atoms with Gasteiger partial charge in [-0.1, -0.05) is 60.5 Å². The normalized spacial score (nSPS) is 21.9. The number of halogens is 4. The predicted molar refractivity (Wildman–Crippen MR) is 110 cm³/mol. The molecule has 3 nitrogen and oxygen atoms in total. The van der Waals surface area contributed by atoms with Crippen LogP contribution in [-0.4, -0.2) is 36.6 Å². The summed E-state index contributed by atoms with van der Waals surface area (Å²) >= 11 is 6.08. The summed E-state index contributed by atoms with van der Waals surface area (Å²) in [7, 11) is 0. The Morgan fingerprint density at radius 2 is 1.73 bits per heavy atom. The molecular formula is C23H24ClF3N2O. The zero-order valence-corrected chi connectivity index (χ0v) is 17.2. The van der Waals surface area contributed by atoms with Gasteiger partial charge in [0.05, 0.1) is 6.04 Å². The first-order valence-corrected chi connectivity index (χ1v) is 10.6. The minimum absolute atomic E-state index is 0.00365. The zero-order chi connectivity index (χ0) is 21.4. The van der Waals surface area contributed by atoms with Gasteiger partial charge in [0.15, 0.2) is 0 Å². The average molecular weight is 437 g/mol. The van der Waals surface area contributed by atoms with Crippen LogP contribution in [0.25, 0.3) is 0 Å². The third-order valence-corrected chi connectivity index (χ3v) is 6.87. The SMILES string of the molecule is O=C(NCC1CN(C(c2ccccc2)c2ccc(Cl)cc2)CC12CCC2)C(F)(F)F. The van der Waals surface area contributed by atoms with Gasteiger partial charge in [-0.15, -0.1) is 0 Å². The first-order valence-electron chi connectivity index (χ1n) is 10.2. The summed E-state index contributed by atoms with van der Waals surface area (Å²) in [4.78, 5) is 13.7. The second kappa shape index (κ2) is 8.23. The van der Waals surface area contributed by atoms with Gasteiger partial charge >= 0.3 is 12.1 Å². The van der Waals surface area contributed by atoms with Crippen LogP contribution in [0, 0.1) is 11.3 Å². The van der Waals surface area contributed by atoms with Crippen molar-refractivity contribution in [2.24, 2.45) is 11.3 Å². The summed E-state index contributed by atoms with van der Waals surface area (Å²) < 4.78 is 38.0. The number of carbonyl (C=O) groups is 1. The number of carbonyl (C=O) groups excluding carboxylic acids is 1. The third-order valence-electron chi connectivity index (χ3n) is 6.62. The zero-order valence-electron chi connectivity index (χ0n) is 16.5. The van der Waals surface area contributed by atoms with Crippen LogP contribution in [0.2, 0.25) is 5.02 Å². The molecule has 0 bridgehead atoms. The summed E-state index contributed by atoms with van der Waals surface area (Å²) in [5.74, 6) is -1.86. The van der Waals surface area contributed by atoms with Gasteiger partial charge in [0.2, 0.25) is 0 Å². The number of nitrogens with zero attached hydrogens (tertiary/aromatic N) is 1. The Balaban J connectivity index is 1.59. The summed E-state index contributed by atoms with van der Waals surface area (Å²) in [6, 6.07) is 17.8. The van der Waals surface area contributed by atoms with Gasteiger partial charge in [0.25, 0.3) is 0 Å². The van der Waals surface area contributed by atoms with Crippen LogP contribution in [0.1, 0.15) is 36.4 Å². The number of hydrogen-bond donors (Lipinski definition) is 1. The van der Waals surface area contributed by atoms with Crippen LogP contribution in [0.15, 0.2) is 54.6 Å². The molecule has 1 aliphatic carbocycles. The Kier molecular flexibility index (Phi) is 5.82. The topological polar surface area (TPSA) is 32.3 Å². The molecule has 1 aliphatic heterocycles. The van der Waals surface area contributed by atoms with Crippen molar-refractivity contribution in [3.05, 3.63) is 70.7 Å². The maximum atomic E-state index is 12.7. The minimum atomic E-state index is -4.85. The van der Waals surface area contributed by atoms with E-state index in [1.165, 1.54) is 0 Å². The maximum absolute atomic E-state index is 12.7. The Hall–Kier alpha value is -2.05. The molecule has 2 aliphatic rings. The first kappa shape index (κ1) is 21.2. The van der Waals surface area contributed by atoms with E-state index in [9.17, 15) is 18.0 Å². The number of benzene rings is 2. The first-order chi connectivity index (χ1) is 14.3. The van der Waals surface area contributed by atoms with Crippen LogP contribution >= 0.6 is 11.6 Å². The van der Waals surface area contributed by atoms with Gasteiger partial charge in [-0.25, -0.2) is 0 Å². The highest BCUT2D eigenvalue weighted by Gasteiger charge is 2.52. The summed E-state index contributed by atoms with van der Waals surface area (Å²) in [5.41, 5.74) is 2.20. The van der Waals surface area contributed by atoms with E-state index < -0.39 is 12.1 Å². The lowest BCUT2D eigenvalue weighted by atomic mass is 9.63. The summed E-state index contributed by atoms with van der Waals surface area (Å²) in [5, 5.41) is 2.79. The molecule has 2 aromatic rings. The van der Waals surface area contributed by atoms with E-state index in [2.05, 4.69) is 22.3 Å². The van der Waals surface area contributed by atoms with Gasteiger partial charge in [0.1, 0.15) is 0 Å². The van der Waals surface area contributed by atoms with E-state index in [0.29, 0.717) is 11.6 Å². The average Bonchev–Trinajstić information content (AvgIpc) is 3.08. The molecule has 30 heavy (non-hydrogen) atoms. The molecule has 2 atom stereocenters. The lowest BCUT2D eigenvalue weighted by molar-refractivity contribution is -0.174. The van der Waals surface area contributed by atoms with E-state index >= 15 is 0 Å². The Morgan fingerprint density at radius 3 is 2.30 bits per heavy atom. The Morgan fingerprint density at radius 1 is 1.10 bits per heavy atom. The number of likely N-dealkylation sites (tertiary alicyclic amines) is 1. The number of nitrogens with one attached hydrogen (secondary N) is 1. The van der Waals surface area contributed by atoms with Crippen LogP contribution in [-0.2, 0) is 4.79 Å². The molecule has 0 radical (unpaired) electrons. The van der Waals surface area contributed by atoms with Gasteiger partial charge < -0.3 is 5.32 Å². The number of rotatable bonds is 5. The van der Waals surface area contributed by atoms with E-state index in [4.69, 9.17) is 11.6 Å². The second-order valence-corrected chi connectivity index (χ2v) is 8.85.